The van der Waals surface area contributed by atoms with Gasteiger partial charge in [0.2, 0.25) is 0 Å². The first kappa shape index (κ1) is 5.24. The standard InChI is InChI=1S/C9H6FN/c10-8-5-7-3-1-2-4-9(7)11-6-8/h1-6H/i5D. The summed E-state index contributed by atoms with van der Waals surface area (Å²) >= 11 is 0. The van der Waals surface area contributed by atoms with Crippen molar-refractivity contribution in [1.82, 2.24) is 4.98 Å². The highest BCUT2D eigenvalue weighted by Crippen LogP contribution is 2.10. The van der Waals surface area contributed by atoms with E-state index in [2.05, 4.69) is 4.98 Å². The molecule has 0 aliphatic rings. The zero-order chi connectivity index (χ0) is 8.55. The fourth-order valence-corrected chi connectivity index (χ4v) is 0.979. The molecule has 0 bridgehead atoms. The zero-order valence-corrected chi connectivity index (χ0v) is 5.71. The van der Waals surface area contributed by atoms with Crippen molar-refractivity contribution in [3.63, 3.8) is 0 Å². The van der Waals surface area contributed by atoms with Gasteiger partial charge in [-0.15, -0.1) is 0 Å². The van der Waals surface area contributed by atoms with Gasteiger partial charge < -0.3 is 0 Å². The van der Waals surface area contributed by atoms with Crippen LogP contribution in [-0.4, -0.2) is 4.98 Å². The lowest BCUT2D eigenvalue weighted by Gasteiger charge is -1.93. The van der Waals surface area contributed by atoms with Gasteiger partial charge in [-0.1, -0.05) is 18.2 Å². The Balaban J connectivity index is 2.91. The summed E-state index contributed by atoms with van der Waals surface area (Å²) in [4.78, 5) is 3.85. The van der Waals surface area contributed by atoms with Crippen LogP contribution in [0.15, 0.2) is 36.5 Å². The normalized spacial score (nSPS) is 11.5. The lowest BCUT2D eigenvalue weighted by molar-refractivity contribution is 0.624. The van der Waals surface area contributed by atoms with Gasteiger partial charge in [0.25, 0.3) is 0 Å². The molecular weight excluding hydrogens is 141 g/mol. The molecular formula is C9H6FN. The molecule has 0 saturated heterocycles. The third-order valence-corrected chi connectivity index (χ3v) is 1.48. The van der Waals surface area contributed by atoms with Gasteiger partial charge in [-0.2, -0.15) is 0 Å². The Morgan fingerprint density at radius 3 is 3.09 bits per heavy atom. The summed E-state index contributed by atoms with van der Waals surface area (Å²) < 4.78 is 20.2. The zero-order valence-electron chi connectivity index (χ0n) is 6.71. The average molecular weight is 148 g/mol. The van der Waals surface area contributed by atoms with Gasteiger partial charge in [0.15, 0.2) is 0 Å². The summed E-state index contributed by atoms with van der Waals surface area (Å²) in [6.07, 6.45) is 1.07. The van der Waals surface area contributed by atoms with Crippen molar-refractivity contribution < 1.29 is 5.76 Å². The maximum absolute atomic E-state index is 12.8. The minimum absolute atomic E-state index is 0.0828. The largest absolute Gasteiger partial charge is 0.253 e. The number of hydrogen-bond acceptors (Lipinski definition) is 1. The number of benzene rings is 1. The fraction of sp³-hybridized carbons (Fsp3) is 0. The molecule has 1 aromatic heterocycles. The molecule has 0 unspecified atom stereocenters. The van der Waals surface area contributed by atoms with Crippen molar-refractivity contribution in [2.24, 2.45) is 0 Å². The molecule has 2 rings (SSSR count). The van der Waals surface area contributed by atoms with Crippen LogP contribution in [0.4, 0.5) is 4.39 Å². The second-order valence-corrected chi connectivity index (χ2v) is 2.25. The number of halogens is 1. The molecule has 0 saturated carbocycles. The molecule has 54 valence electrons. The maximum Gasteiger partial charge on any atom is 0.142 e. The van der Waals surface area contributed by atoms with E-state index in [-0.39, 0.29) is 6.04 Å². The molecule has 2 heteroatoms. The van der Waals surface area contributed by atoms with E-state index in [0.717, 1.165) is 6.20 Å². The molecule has 1 aromatic carbocycles. The van der Waals surface area contributed by atoms with Crippen LogP contribution in [-0.2, 0) is 0 Å². The molecule has 11 heavy (non-hydrogen) atoms. The van der Waals surface area contributed by atoms with E-state index in [1.54, 1.807) is 18.2 Å². The summed E-state index contributed by atoms with van der Waals surface area (Å²) in [5, 5.41) is 0.553. The van der Waals surface area contributed by atoms with Crippen molar-refractivity contribution in [3.8, 4) is 0 Å². The van der Waals surface area contributed by atoms with Crippen molar-refractivity contribution in [2.75, 3.05) is 0 Å². The smallest absolute Gasteiger partial charge is 0.142 e. The van der Waals surface area contributed by atoms with Crippen molar-refractivity contribution in [1.29, 1.82) is 0 Å². The maximum atomic E-state index is 12.8. The van der Waals surface area contributed by atoms with Crippen LogP contribution >= 0.6 is 0 Å². The number of nitrogens with zero attached hydrogens (tertiary/aromatic N) is 1. The van der Waals surface area contributed by atoms with Crippen LogP contribution in [0.2, 0.25) is 0 Å². The molecule has 0 aliphatic carbocycles. The third-order valence-electron chi connectivity index (χ3n) is 1.48. The summed E-state index contributed by atoms with van der Waals surface area (Å²) in [6, 6.07) is 6.94. The molecule has 0 fully saturated rings. The monoisotopic (exact) mass is 148 g/mol. The van der Waals surface area contributed by atoms with Crippen LogP contribution in [0.1, 0.15) is 1.37 Å². The van der Waals surface area contributed by atoms with Crippen LogP contribution in [0.3, 0.4) is 0 Å². The van der Waals surface area contributed by atoms with E-state index in [1.807, 2.05) is 6.07 Å². The van der Waals surface area contributed by atoms with Crippen LogP contribution < -0.4 is 0 Å². The summed E-state index contributed by atoms with van der Waals surface area (Å²) in [5.41, 5.74) is 0.656. The fourth-order valence-electron chi connectivity index (χ4n) is 0.979. The van der Waals surface area contributed by atoms with Crippen molar-refractivity contribution >= 4 is 10.9 Å². The quantitative estimate of drug-likeness (QED) is 0.559. The second kappa shape index (κ2) is 2.31. The molecule has 0 aliphatic heterocycles. The number of hydrogen-bond donors (Lipinski definition) is 0. The lowest BCUT2D eigenvalue weighted by atomic mass is 10.2. The van der Waals surface area contributed by atoms with Gasteiger partial charge >= 0.3 is 0 Å². The predicted molar refractivity (Wildman–Crippen MR) is 41.7 cm³/mol. The van der Waals surface area contributed by atoms with Gasteiger partial charge in [-0.25, -0.2) is 4.39 Å². The summed E-state index contributed by atoms with van der Waals surface area (Å²) in [6.45, 7) is 0. The van der Waals surface area contributed by atoms with Gasteiger partial charge in [0, 0.05) is 5.39 Å². The molecule has 0 atom stereocenters. The van der Waals surface area contributed by atoms with E-state index in [1.165, 1.54) is 0 Å². The van der Waals surface area contributed by atoms with Gasteiger partial charge in [0.1, 0.15) is 5.82 Å². The molecule has 0 spiro atoms. The van der Waals surface area contributed by atoms with E-state index >= 15 is 0 Å². The van der Waals surface area contributed by atoms with Gasteiger partial charge in [-0.05, 0) is 12.1 Å². The van der Waals surface area contributed by atoms with Crippen LogP contribution in [0.5, 0.6) is 0 Å². The second-order valence-electron chi connectivity index (χ2n) is 2.25. The van der Waals surface area contributed by atoms with E-state index in [9.17, 15) is 4.39 Å². The Bertz CT molecular complexity index is 428. The molecule has 2 aromatic rings. The summed E-state index contributed by atoms with van der Waals surface area (Å²) in [5.74, 6) is -0.575. The Kier molecular flexibility index (Phi) is 1.10. The Morgan fingerprint density at radius 1 is 1.36 bits per heavy atom. The molecule has 0 radical (unpaired) electrons. The van der Waals surface area contributed by atoms with Crippen molar-refractivity contribution in [3.05, 3.63) is 42.3 Å². The van der Waals surface area contributed by atoms with Crippen LogP contribution in [0.25, 0.3) is 10.9 Å². The topological polar surface area (TPSA) is 12.9 Å². The van der Waals surface area contributed by atoms with E-state index in [4.69, 9.17) is 1.37 Å². The first-order valence-corrected chi connectivity index (χ1v) is 3.29. The first-order valence-electron chi connectivity index (χ1n) is 3.79. The number of fused-ring (bicyclic) bond motifs is 1. The summed E-state index contributed by atoms with van der Waals surface area (Å²) in [7, 11) is 0. The van der Waals surface area contributed by atoms with E-state index in [0.29, 0.717) is 10.9 Å². The highest BCUT2D eigenvalue weighted by Gasteiger charge is 1.93. The first-order chi connectivity index (χ1) is 5.79. The Morgan fingerprint density at radius 2 is 2.18 bits per heavy atom. The third kappa shape index (κ3) is 1.07. The number of aromatic nitrogens is 1. The molecule has 0 amide bonds. The SMILES string of the molecule is [2H]c1c(F)cnc2ccccc12. The average Bonchev–Trinajstić information content (AvgIpc) is 2.12. The van der Waals surface area contributed by atoms with Gasteiger partial charge in [-0.3, -0.25) is 4.98 Å². The predicted octanol–water partition coefficient (Wildman–Crippen LogP) is 2.37. The number of para-hydroxylation sites is 1. The van der Waals surface area contributed by atoms with E-state index < -0.39 is 5.82 Å². The van der Waals surface area contributed by atoms with Crippen molar-refractivity contribution in [2.45, 2.75) is 0 Å². The van der Waals surface area contributed by atoms with Crippen LogP contribution in [0, 0.1) is 5.82 Å². The highest BCUT2D eigenvalue weighted by molar-refractivity contribution is 5.77. The number of pyridine rings is 1. The Hall–Kier alpha value is -1.44. The highest BCUT2D eigenvalue weighted by atomic mass is 19.1. The molecule has 0 N–H and O–H groups in total. The Labute approximate surface area is 64.9 Å². The number of rotatable bonds is 0. The minimum Gasteiger partial charge on any atom is -0.253 e. The van der Waals surface area contributed by atoms with Gasteiger partial charge in [0.05, 0.1) is 13.1 Å². The minimum atomic E-state index is -0.575. The molecule has 1 nitrogen and oxygen atoms in total. The lowest BCUT2D eigenvalue weighted by Crippen LogP contribution is -1.79. The molecule has 1 heterocycles.